The predicted octanol–water partition coefficient (Wildman–Crippen LogP) is 11.0. The molecule has 71 heavy (non-hydrogen) atoms. The van der Waals surface area contributed by atoms with Crippen molar-refractivity contribution >= 4 is 46.7 Å². The quantitative estimate of drug-likeness (QED) is 0.0320. The van der Waals surface area contributed by atoms with E-state index >= 15 is 0 Å². The molecular weight excluding hydrogens is 969 g/mol. The second kappa shape index (κ2) is 26.0. The summed E-state index contributed by atoms with van der Waals surface area (Å²) >= 11 is 18.6. The molecule has 6 aromatic rings. The molecule has 0 saturated carbocycles. The Morgan fingerprint density at radius 3 is 1.32 bits per heavy atom. The smallest absolute Gasteiger partial charge is 0.338 e. The molecule has 12 nitrogen and oxygen atoms in total. The van der Waals surface area contributed by atoms with Crippen LogP contribution in [0.2, 0.25) is 0 Å². The number of hydrogen-bond acceptors (Lipinski definition) is 12. The van der Waals surface area contributed by atoms with E-state index < -0.39 is 77.1 Å². The van der Waals surface area contributed by atoms with Gasteiger partial charge >= 0.3 is 5.97 Å². The molecule has 2 fully saturated rings. The molecule has 0 unspecified atom stereocenters. The molecule has 0 bridgehead atoms. The second-order valence-electron chi connectivity index (χ2n) is 17.1. The summed E-state index contributed by atoms with van der Waals surface area (Å²) in [6, 6.07) is 57.1. The summed E-state index contributed by atoms with van der Waals surface area (Å²) in [5.74, 6) is -1.38. The fourth-order valence-electron chi connectivity index (χ4n) is 8.29. The third-order valence-electron chi connectivity index (χ3n) is 11.9. The average molecular weight is 1030 g/mol. The van der Waals surface area contributed by atoms with Gasteiger partial charge in [0.25, 0.3) is 3.79 Å². The molecule has 0 radical (unpaired) electrons. The lowest BCUT2D eigenvalue weighted by atomic mass is 9.96. The molecule has 15 heteroatoms. The molecule has 8 rings (SSSR count). The summed E-state index contributed by atoms with van der Waals surface area (Å²) in [4.78, 5) is 14.1. The van der Waals surface area contributed by atoms with E-state index in [1.807, 2.05) is 152 Å². The van der Waals surface area contributed by atoms with Gasteiger partial charge in [0.15, 0.2) is 18.5 Å². The Morgan fingerprint density at radius 1 is 0.479 bits per heavy atom. The van der Waals surface area contributed by atoms with Crippen molar-refractivity contribution in [2.75, 3.05) is 6.61 Å². The van der Waals surface area contributed by atoms with Crippen LogP contribution in [-0.4, -0.2) is 83.7 Å². The third-order valence-corrected chi connectivity index (χ3v) is 12.4. The van der Waals surface area contributed by atoms with Gasteiger partial charge in [-0.2, -0.15) is 0 Å². The summed E-state index contributed by atoms with van der Waals surface area (Å²) in [6.45, 7) is 2.53. The number of carbonyl (C=O) groups is 1. The number of halogens is 3. The van der Waals surface area contributed by atoms with Crippen molar-refractivity contribution < 1.29 is 52.2 Å². The van der Waals surface area contributed by atoms with Crippen molar-refractivity contribution in [2.45, 2.75) is 105 Å². The van der Waals surface area contributed by atoms with Crippen LogP contribution in [0.5, 0.6) is 0 Å². The van der Waals surface area contributed by atoms with Gasteiger partial charge in [0.05, 0.1) is 51.3 Å². The van der Waals surface area contributed by atoms with Crippen LogP contribution < -0.4 is 0 Å². The highest BCUT2D eigenvalue weighted by molar-refractivity contribution is 6.76. The number of esters is 1. The van der Waals surface area contributed by atoms with Crippen molar-refractivity contribution in [1.29, 1.82) is 5.41 Å². The van der Waals surface area contributed by atoms with Gasteiger partial charge in [-0.05, 0) is 46.9 Å². The number of nitrogens with one attached hydrogen (secondary N) is 1. The zero-order chi connectivity index (χ0) is 49.4. The van der Waals surface area contributed by atoms with Gasteiger partial charge in [0.2, 0.25) is 12.2 Å². The fourth-order valence-corrected chi connectivity index (χ4v) is 8.42. The molecule has 10 atom stereocenters. The lowest BCUT2D eigenvalue weighted by Gasteiger charge is -2.49. The van der Waals surface area contributed by atoms with Gasteiger partial charge in [-0.15, -0.1) is 0 Å². The minimum atomic E-state index is -2.27. The van der Waals surface area contributed by atoms with E-state index in [9.17, 15) is 4.79 Å². The molecule has 2 aliphatic rings. The maximum absolute atomic E-state index is 14.1. The molecule has 0 aliphatic carbocycles. The summed E-state index contributed by atoms with van der Waals surface area (Å²) in [7, 11) is 0. The van der Waals surface area contributed by atoms with Gasteiger partial charge in [-0.25, -0.2) is 4.79 Å². The molecule has 1 N–H and O–H groups in total. The number of benzene rings is 6. The monoisotopic (exact) mass is 1020 g/mol. The van der Waals surface area contributed by atoms with Crippen LogP contribution in [0.3, 0.4) is 0 Å². The van der Waals surface area contributed by atoms with E-state index in [4.69, 9.17) is 87.6 Å². The number of rotatable bonds is 21. The zero-order valence-electron chi connectivity index (χ0n) is 39.0. The van der Waals surface area contributed by atoms with Gasteiger partial charge in [0, 0.05) is 0 Å². The van der Waals surface area contributed by atoms with Crippen LogP contribution in [-0.2, 0) is 80.4 Å². The van der Waals surface area contributed by atoms with Crippen LogP contribution in [0, 0.1) is 5.41 Å². The number of hydrogen-bond donors (Lipinski definition) is 1. The molecule has 2 aliphatic heterocycles. The van der Waals surface area contributed by atoms with Crippen LogP contribution in [0.25, 0.3) is 0 Å². The average Bonchev–Trinajstić information content (AvgIpc) is 3.39. The van der Waals surface area contributed by atoms with E-state index in [0.717, 1.165) is 27.8 Å². The normalized spacial score (nSPS) is 24.5. The number of alkyl halides is 3. The fraction of sp³-hybridized carbons (Fsp3) is 0.321. The first-order valence-corrected chi connectivity index (χ1v) is 24.5. The van der Waals surface area contributed by atoms with Crippen LogP contribution in [0.15, 0.2) is 182 Å². The summed E-state index contributed by atoms with van der Waals surface area (Å²) < 4.78 is 64.9. The maximum Gasteiger partial charge on any atom is 0.338 e. The number of ether oxygens (including phenoxy) is 10. The summed E-state index contributed by atoms with van der Waals surface area (Å²) in [5.41, 5.74) is 4.76. The molecule has 6 aromatic carbocycles. The van der Waals surface area contributed by atoms with Crippen molar-refractivity contribution in [3.05, 3.63) is 215 Å². The Kier molecular flexibility index (Phi) is 19.1. The van der Waals surface area contributed by atoms with Gasteiger partial charge < -0.3 is 47.4 Å². The van der Waals surface area contributed by atoms with Crippen molar-refractivity contribution in [2.24, 2.45) is 0 Å². The van der Waals surface area contributed by atoms with Crippen molar-refractivity contribution in [3.63, 3.8) is 0 Å². The molecule has 372 valence electrons. The van der Waals surface area contributed by atoms with Crippen LogP contribution >= 0.6 is 34.8 Å². The van der Waals surface area contributed by atoms with Gasteiger partial charge in [-0.3, -0.25) is 5.41 Å². The van der Waals surface area contributed by atoms with E-state index in [2.05, 4.69) is 0 Å². The molecule has 0 amide bonds. The van der Waals surface area contributed by atoms with E-state index in [1.165, 1.54) is 0 Å². The zero-order valence-corrected chi connectivity index (χ0v) is 41.2. The second-order valence-corrected chi connectivity index (χ2v) is 19.4. The Hall–Kier alpha value is -5.19. The highest BCUT2D eigenvalue weighted by Gasteiger charge is 2.55. The number of carbonyl (C=O) groups excluding carboxylic acids is 1. The summed E-state index contributed by atoms with van der Waals surface area (Å²) in [6.07, 6.45) is -10.9. The molecular formula is C56H56Cl3NO11. The first kappa shape index (κ1) is 52.1. The lowest BCUT2D eigenvalue weighted by molar-refractivity contribution is -0.368. The largest absolute Gasteiger partial charge is 0.453 e. The topological polar surface area (TPSA) is 133 Å². The summed E-state index contributed by atoms with van der Waals surface area (Å²) in [5, 5.41) is 8.64. The van der Waals surface area contributed by atoms with E-state index in [1.54, 1.807) is 37.3 Å². The van der Waals surface area contributed by atoms with E-state index in [0.29, 0.717) is 0 Å². The molecule has 0 spiro atoms. The predicted molar refractivity (Wildman–Crippen MR) is 269 cm³/mol. The van der Waals surface area contributed by atoms with Crippen molar-refractivity contribution in [1.82, 2.24) is 0 Å². The minimum Gasteiger partial charge on any atom is -0.453 e. The Morgan fingerprint density at radius 2 is 0.873 bits per heavy atom. The lowest BCUT2D eigenvalue weighted by Crippen LogP contribution is -2.66. The Labute approximate surface area is 429 Å². The highest BCUT2D eigenvalue weighted by Crippen LogP contribution is 2.38. The molecule has 2 saturated heterocycles. The van der Waals surface area contributed by atoms with Crippen LogP contribution in [0.1, 0.15) is 45.1 Å². The minimum absolute atomic E-state index is 0.0110. The highest BCUT2D eigenvalue weighted by atomic mass is 35.6. The van der Waals surface area contributed by atoms with Gasteiger partial charge in [0.1, 0.15) is 30.5 Å². The maximum atomic E-state index is 14.1. The Balaban J connectivity index is 1.22. The molecule has 0 aromatic heterocycles. The van der Waals surface area contributed by atoms with Crippen molar-refractivity contribution in [3.8, 4) is 0 Å². The van der Waals surface area contributed by atoms with Gasteiger partial charge in [-0.1, -0.05) is 205 Å². The van der Waals surface area contributed by atoms with E-state index in [-0.39, 0.29) is 45.2 Å². The Bertz CT molecular complexity index is 2510. The third kappa shape index (κ3) is 14.9. The van der Waals surface area contributed by atoms with Crippen LogP contribution in [0.4, 0.5) is 0 Å². The standard InChI is InChI=1S/C56H56Cl3NO11/c1-38-46(69-52(61)44-30-18-7-19-31-44)49(51(66-36-43-28-16-6-17-29-43)53(67-38)71-55(60)56(57,58)59)70-54-50(65-35-42-26-14-5-15-27-42)48(64-34-41-24-12-4-13-25-41)47(63-33-40-22-10-3-11-23-40)45(68-54)37-62-32-39-20-8-2-9-21-39/h2-31,38,45-51,53-54,60H,32-37H2,1H3/t38-,45+,46-,47+,48-,49+,50+,51+,53-,54+/m0/s1. The molecule has 2 heterocycles. The SMILES string of the molecule is C[C@@H]1O[C@@H](OC(=N)C(Cl)(Cl)Cl)[C@H](OCc2ccccc2)[C@H](O[C@H]2O[C@H](COCc3ccccc3)[C@@H](OCc3ccccc3)[C@H](OCc3ccccc3)[C@H]2OCc2ccccc2)[C@H]1OC(=O)c1ccccc1. The first-order chi connectivity index (χ1) is 34.6. The first-order valence-electron chi connectivity index (χ1n) is 23.4.